The molecule has 0 atom stereocenters. The van der Waals surface area contributed by atoms with Crippen LogP contribution in [0, 0.1) is 6.92 Å². The Balaban J connectivity index is 1.42. The Kier molecular flexibility index (Phi) is 8.05. The molecule has 7 heteroatoms. The normalized spacial score (nSPS) is 14.4. The van der Waals surface area contributed by atoms with Crippen molar-refractivity contribution in [2.75, 3.05) is 22.1 Å². The molecule has 0 aromatic heterocycles. The van der Waals surface area contributed by atoms with E-state index in [1.165, 1.54) is 4.90 Å². The van der Waals surface area contributed by atoms with Crippen LogP contribution in [0.15, 0.2) is 66.7 Å². The van der Waals surface area contributed by atoms with E-state index in [0.717, 1.165) is 27.9 Å². The molecule has 0 bridgehead atoms. The second kappa shape index (κ2) is 11.2. The highest BCUT2D eigenvalue weighted by molar-refractivity contribution is 6.16. The molecular weight excluding hydrogens is 500 g/mol. The van der Waals surface area contributed by atoms with Crippen molar-refractivity contribution >= 4 is 35.0 Å². The molecule has 1 fully saturated rings. The summed E-state index contributed by atoms with van der Waals surface area (Å²) in [6.45, 7) is 15.6. The summed E-state index contributed by atoms with van der Waals surface area (Å²) >= 11 is 0. The van der Waals surface area contributed by atoms with E-state index in [1.54, 1.807) is 11.0 Å². The minimum atomic E-state index is -0.322. The van der Waals surface area contributed by atoms with E-state index in [2.05, 4.69) is 58.2 Å². The molecule has 7 nitrogen and oxygen atoms in total. The van der Waals surface area contributed by atoms with Crippen LogP contribution in [-0.2, 0) is 22.2 Å². The second-order valence-corrected chi connectivity index (χ2v) is 12.5. The zero-order valence-electron chi connectivity index (χ0n) is 24.6. The van der Waals surface area contributed by atoms with Gasteiger partial charge in [0.15, 0.2) is 0 Å². The molecule has 1 aliphatic rings. The van der Waals surface area contributed by atoms with Gasteiger partial charge in [-0.2, -0.15) is 0 Å². The summed E-state index contributed by atoms with van der Waals surface area (Å²) in [6.07, 6.45) is 0.271. The van der Waals surface area contributed by atoms with E-state index in [9.17, 15) is 14.4 Å². The van der Waals surface area contributed by atoms with E-state index >= 15 is 0 Å². The Bertz CT molecular complexity index is 1380. The molecular formula is C33H40N4O3. The van der Waals surface area contributed by atoms with Gasteiger partial charge >= 0.3 is 12.1 Å². The largest absolute Gasteiger partial charge is 0.331 e. The third-order valence-electron chi connectivity index (χ3n) is 7.17. The highest BCUT2D eigenvalue weighted by atomic mass is 16.2. The Hall–Kier alpha value is -4.13. The quantitative estimate of drug-likeness (QED) is 0.350. The van der Waals surface area contributed by atoms with Gasteiger partial charge in [-0.05, 0) is 70.3 Å². The fourth-order valence-corrected chi connectivity index (χ4v) is 4.66. The van der Waals surface area contributed by atoms with E-state index in [4.69, 9.17) is 0 Å². The first-order chi connectivity index (χ1) is 18.7. The van der Waals surface area contributed by atoms with Gasteiger partial charge in [-0.25, -0.2) is 14.5 Å². The van der Waals surface area contributed by atoms with Crippen molar-refractivity contribution in [2.45, 2.75) is 72.3 Å². The lowest BCUT2D eigenvalue weighted by molar-refractivity contribution is -0.119. The molecule has 210 valence electrons. The Morgan fingerprint density at radius 2 is 1.38 bits per heavy atom. The molecule has 5 amide bonds. The van der Waals surface area contributed by atoms with Crippen LogP contribution in [0.5, 0.6) is 0 Å². The molecule has 1 aliphatic heterocycles. The molecule has 1 saturated heterocycles. The minimum absolute atomic E-state index is 0.0516. The third kappa shape index (κ3) is 6.71. The summed E-state index contributed by atoms with van der Waals surface area (Å²) in [5.74, 6) is -0.191. The highest BCUT2D eigenvalue weighted by Gasteiger charge is 2.33. The smallest absolute Gasteiger partial charge is 0.319 e. The highest BCUT2D eigenvalue weighted by Crippen LogP contribution is 2.32. The number of benzene rings is 3. The Labute approximate surface area is 237 Å². The first-order valence-electron chi connectivity index (χ1n) is 13.7. The van der Waals surface area contributed by atoms with E-state index < -0.39 is 0 Å². The van der Waals surface area contributed by atoms with Crippen LogP contribution in [0.2, 0.25) is 0 Å². The van der Waals surface area contributed by atoms with Gasteiger partial charge in [-0.1, -0.05) is 77.9 Å². The number of carbonyl (C=O) groups excluding carboxylic acids is 3. The molecule has 3 aromatic rings. The van der Waals surface area contributed by atoms with Crippen LogP contribution in [0.3, 0.4) is 0 Å². The second-order valence-electron chi connectivity index (χ2n) is 12.5. The van der Waals surface area contributed by atoms with Crippen molar-refractivity contribution in [3.63, 3.8) is 0 Å². The molecule has 4 rings (SSSR count). The van der Waals surface area contributed by atoms with Crippen LogP contribution in [0.4, 0.5) is 26.7 Å². The molecule has 3 aromatic carbocycles. The number of hydrogen-bond acceptors (Lipinski definition) is 3. The predicted octanol–water partition coefficient (Wildman–Crippen LogP) is 7.59. The Morgan fingerprint density at radius 3 is 1.95 bits per heavy atom. The zero-order valence-corrected chi connectivity index (χ0v) is 24.6. The average Bonchev–Trinajstić information content (AvgIpc) is 2.87. The maximum absolute atomic E-state index is 13.2. The summed E-state index contributed by atoms with van der Waals surface area (Å²) in [4.78, 5) is 41.6. The topological polar surface area (TPSA) is 81.8 Å². The number of anilines is 3. The van der Waals surface area contributed by atoms with Crippen LogP contribution < -0.4 is 15.5 Å². The number of aryl methyl sites for hydroxylation is 1. The average molecular weight is 541 g/mol. The van der Waals surface area contributed by atoms with Gasteiger partial charge in [0.05, 0.1) is 5.69 Å². The number of carbonyl (C=O) groups is 3. The van der Waals surface area contributed by atoms with Gasteiger partial charge in [0.2, 0.25) is 5.91 Å². The van der Waals surface area contributed by atoms with Gasteiger partial charge in [-0.3, -0.25) is 4.79 Å². The minimum Gasteiger partial charge on any atom is -0.319 e. The monoisotopic (exact) mass is 540 g/mol. The van der Waals surface area contributed by atoms with Crippen molar-refractivity contribution in [3.8, 4) is 0 Å². The van der Waals surface area contributed by atoms with Crippen molar-refractivity contribution in [1.29, 1.82) is 0 Å². The van der Waals surface area contributed by atoms with Crippen LogP contribution in [-0.4, -0.2) is 29.4 Å². The van der Waals surface area contributed by atoms with E-state index in [0.29, 0.717) is 24.5 Å². The summed E-state index contributed by atoms with van der Waals surface area (Å²) in [5, 5.41) is 5.89. The lowest BCUT2D eigenvalue weighted by Crippen LogP contribution is -2.52. The lowest BCUT2D eigenvalue weighted by atomic mass is 9.80. The summed E-state index contributed by atoms with van der Waals surface area (Å²) in [7, 11) is 0. The van der Waals surface area contributed by atoms with Gasteiger partial charge in [0.25, 0.3) is 0 Å². The number of hydrogen-bond donors (Lipinski definition) is 2. The van der Waals surface area contributed by atoms with Crippen LogP contribution in [0.1, 0.15) is 70.2 Å². The molecule has 1 heterocycles. The molecule has 40 heavy (non-hydrogen) atoms. The zero-order chi connectivity index (χ0) is 29.2. The third-order valence-corrected chi connectivity index (χ3v) is 7.17. The van der Waals surface area contributed by atoms with Crippen molar-refractivity contribution in [1.82, 2.24) is 4.90 Å². The summed E-state index contributed by atoms with van der Waals surface area (Å²) < 4.78 is 0. The molecule has 0 unspecified atom stereocenters. The summed E-state index contributed by atoms with van der Waals surface area (Å²) in [6, 6.07) is 20.4. The van der Waals surface area contributed by atoms with Crippen molar-refractivity contribution < 1.29 is 14.4 Å². The number of para-hydroxylation sites is 1. The van der Waals surface area contributed by atoms with Crippen LogP contribution >= 0.6 is 0 Å². The molecule has 0 saturated carbocycles. The number of amides is 5. The molecule has 0 radical (unpaired) electrons. The number of nitrogens with one attached hydrogen (secondary N) is 2. The lowest BCUT2D eigenvalue weighted by Gasteiger charge is -2.34. The van der Waals surface area contributed by atoms with E-state index in [-0.39, 0.29) is 35.2 Å². The SMILES string of the molecule is Cc1ccccc1N1C(=O)CCN(Cc2ccc(NC(=O)Nc3cc(C(C)(C)C)cc(C(C)(C)C)c3)cc2)C1=O. The maximum Gasteiger partial charge on any atom is 0.331 e. The number of rotatable bonds is 5. The van der Waals surface area contributed by atoms with Gasteiger partial charge in [0.1, 0.15) is 0 Å². The van der Waals surface area contributed by atoms with E-state index in [1.807, 2.05) is 61.5 Å². The fraction of sp³-hybridized carbons (Fsp3) is 0.364. The fourth-order valence-electron chi connectivity index (χ4n) is 4.66. The van der Waals surface area contributed by atoms with Gasteiger partial charge < -0.3 is 15.5 Å². The van der Waals surface area contributed by atoms with Crippen molar-refractivity contribution in [3.05, 3.63) is 89.0 Å². The first-order valence-corrected chi connectivity index (χ1v) is 13.7. The van der Waals surface area contributed by atoms with Gasteiger partial charge in [-0.15, -0.1) is 0 Å². The van der Waals surface area contributed by atoms with Crippen LogP contribution in [0.25, 0.3) is 0 Å². The van der Waals surface area contributed by atoms with Gasteiger partial charge in [0, 0.05) is 30.9 Å². The standard InChI is InChI=1S/C33H40N4O3/c1-22-10-8-9-11-28(22)37-29(38)16-17-36(31(37)40)21-23-12-14-26(15-13-23)34-30(39)35-27-19-24(32(2,3)4)18-25(20-27)33(5,6)7/h8-15,18-20H,16-17,21H2,1-7H3,(H2,34,35,39). The molecule has 0 aliphatic carbocycles. The molecule has 2 N–H and O–H groups in total. The predicted molar refractivity (Wildman–Crippen MR) is 162 cm³/mol. The summed E-state index contributed by atoms with van der Waals surface area (Å²) in [5.41, 5.74) is 6.02. The maximum atomic E-state index is 13.2. The van der Waals surface area contributed by atoms with Crippen molar-refractivity contribution in [2.24, 2.45) is 0 Å². The molecule has 0 spiro atoms. The Morgan fingerprint density at radius 1 is 0.800 bits per heavy atom. The first kappa shape index (κ1) is 28.9. The number of nitrogens with zero attached hydrogens (tertiary/aromatic N) is 2. The number of imide groups is 1. The number of urea groups is 2.